The van der Waals surface area contributed by atoms with E-state index in [4.69, 9.17) is 9.47 Å². The van der Waals surface area contributed by atoms with Gasteiger partial charge in [0.05, 0.1) is 23.9 Å². The molecule has 0 aliphatic heterocycles. The number of carbonyl (C=O) groups is 1. The maximum absolute atomic E-state index is 13.5. The fourth-order valence-electron chi connectivity index (χ4n) is 3.90. The maximum atomic E-state index is 13.5. The van der Waals surface area contributed by atoms with E-state index in [1.165, 1.54) is 18.3 Å². The van der Waals surface area contributed by atoms with E-state index >= 15 is 0 Å². The number of anilines is 1. The molecular weight excluding hydrogens is 526 g/mol. The highest BCUT2D eigenvalue weighted by Crippen LogP contribution is 2.28. The number of ether oxygens (including phenoxy) is 2. The zero-order valence-electron chi connectivity index (χ0n) is 22.6. The minimum absolute atomic E-state index is 0.0950. The third-order valence-electron chi connectivity index (χ3n) is 6.01. The van der Waals surface area contributed by atoms with Crippen LogP contribution in [0.4, 0.5) is 5.69 Å². The Kier molecular flexibility index (Phi) is 9.19. The summed E-state index contributed by atoms with van der Waals surface area (Å²) < 4.78 is 39.4. The van der Waals surface area contributed by atoms with Gasteiger partial charge in [0.1, 0.15) is 13.2 Å². The molecule has 0 saturated carbocycles. The van der Waals surface area contributed by atoms with E-state index in [0.29, 0.717) is 29.4 Å². The Morgan fingerprint density at radius 1 is 0.875 bits per heavy atom. The lowest BCUT2D eigenvalue weighted by molar-refractivity contribution is -0.119. The number of benzene rings is 4. The van der Waals surface area contributed by atoms with Crippen molar-refractivity contribution in [3.8, 4) is 11.5 Å². The van der Waals surface area contributed by atoms with Gasteiger partial charge in [0, 0.05) is 0 Å². The summed E-state index contributed by atoms with van der Waals surface area (Å²) in [5, 5.41) is 4.03. The number of carbonyl (C=O) groups excluding carboxylic acids is 1. The molecule has 0 heterocycles. The molecule has 40 heavy (non-hydrogen) atoms. The standard InChI is InChI=1S/C31H31N3O5S/c1-23-12-15-28(16-13-23)40(36,37)34(27-11-7-8-24(2)18-27)21-31(35)33-32-20-26-14-17-29(30(19-26)38-3)39-22-25-9-5-4-6-10-25/h4-20H,21-22H2,1-3H3,(H,33,35)/b32-20+. The number of hydrazone groups is 1. The number of hydrogen-bond donors (Lipinski definition) is 1. The second-order valence-electron chi connectivity index (χ2n) is 9.14. The van der Waals surface area contributed by atoms with Crippen molar-refractivity contribution < 1.29 is 22.7 Å². The summed E-state index contributed by atoms with van der Waals surface area (Å²) in [6.45, 7) is 3.67. The lowest BCUT2D eigenvalue weighted by atomic mass is 10.2. The van der Waals surface area contributed by atoms with Crippen LogP contribution in [0.3, 0.4) is 0 Å². The van der Waals surface area contributed by atoms with Gasteiger partial charge in [-0.3, -0.25) is 9.10 Å². The minimum atomic E-state index is -4.01. The monoisotopic (exact) mass is 557 g/mol. The Morgan fingerprint density at radius 3 is 2.33 bits per heavy atom. The van der Waals surface area contributed by atoms with Crippen molar-refractivity contribution in [1.29, 1.82) is 0 Å². The minimum Gasteiger partial charge on any atom is -0.493 e. The van der Waals surface area contributed by atoms with Gasteiger partial charge in [-0.15, -0.1) is 0 Å². The Balaban J connectivity index is 1.46. The molecule has 4 aromatic rings. The first-order valence-electron chi connectivity index (χ1n) is 12.6. The van der Waals surface area contributed by atoms with E-state index in [1.807, 2.05) is 50.2 Å². The van der Waals surface area contributed by atoms with Crippen LogP contribution >= 0.6 is 0 Å². The lowest BCUT2D eigenvalue weighted by Crippen LogP contribution is -2.39. The van der Waals surface area contributed by atoms with Crippen LogP contribution in [-0.2, 0) is 21.4 Å². The van der Waals surface area contributed by atoms with Crippen molar-refractivity contribution in [1.82, 2.24) is 5.43 Å². The molecule has 4 aromatic carbocycles. The molecule has 0 fully saturated rings. The Labute approximate surface area is 234 Å². The molecule has 0 bridgehead atoms. The highest BCUT2D eigenvalue weighted by atomic mass is 32.2. The predicted molar refractivity (Wildman–Crippen MR) is 156 cm³/mol. The Bertz CT molecular complexity index is 1590. The molecule has 0 saturated heterocycles. The average Bonchev–Trinajstić information content (AvgIpc) is 2.95. The molecule has 4 rings (SSSR count). The molecule has 0 radical (unpaired) electrons. The zero-order valence-corrected chi connectivity index (χ0v) is 23.4. The second-order valence-corrected chi connectivity index (χ2v) is 11.0. The largest absolute Gasteiger partial charge is 0.493 e. The van der Waals surface area contributed by atoms with E-state index in [9.17, 15) is 13.2 Å². The number of methoxy groups -OCH3 is 1. The molecule has 0 aliphatic carbocycles. The van der Waals surface area contributed by atoms with Crippen LogP contribution in [0.1, 0.15) is 22.3 Å². The van der Waals surface area contributed by atoms with Gasteiger partial charge in [-0.25, -0.2) is 13.8 Å². The molecule has 1 N–H and O–H groups in total. The fourth-order valence-corrected chi connectivity index (χ4v) is 5.31. The first-order chi connectivity index (χ1) is 19.3. The van der Waals surface area contributed by atoms with Gasteiger partial charge >= 0.3 is 0 Å². The second kappa shape index (κ2) is 12.9. The first-order valence-corrected chi connectivity index (χ1v) is 14.0. The first kappa shape index (κ1) is 28.4. The predicted octanol–water partition coefficient (Wildman–Crippen LogP) is 5.24. The van der Waals surface area contributed by atoms with Gasteiger partial charge in [-0.2, -0.15) is 5.10 Å². The van der Waals surface area contributed by atoms with Gasteiger partial charge < -0.3 is 9.47 Å². The van der Waals surface area contributed by atoms with E-state index in [1.54, 1.807) is 55.6 Å². The van der Waals surface area contributed by atoms with Crippen LogP contribution in [0, 0.1) is 13.8 Å². The van der Waals surface area contributed by atoms with E-state index < -0.39 is 22.5 Å². The van der Waals surface area contributed by atoms with Gasteiger partial charge in [-0.1, -0.05) is 60.2 Å². The van der Waals surface area contributed by atoms with Gasteiger partial charge in [0.15, 0.2) is 11.5 Å². The molecule has 0 spiro atoms. The third kappa shape index (κ3) is 7.27. The quantitative estimate of drug-likeness (QED) is 0.201. The molecule has 0 atom stereocenters. The molecule has 9 heteroatoms. The van der Waals surface area contributed by atoms with Gasteiger partial charge in [0.2, 0.25) is 0 Å². The SMILES string of the molecule is COc1cc(/C=N/NC(=O)CN(c2cccc(C)c2)S(=O)(=O)c2ccc(C)cc2)ccc1OCc1ccccc1. The summed E-state index contributed by atoms with van der Waals surface area (Å²) in [5.74, 6) is 0.492. The molecule has 0 aromatic heterocycles. The summed E-state index contributed by atoms with van der Waals surface area (Å²) in [6, 6.07) is 28.5. The van der Waals surface area contributed by atoms with Gasteiger partial charge in [0.25, 0.3) is 15.9 Å². The summed E-state index contributed by atoms with van der Waals surface area (Å²) in [5.41, 5.74) is 6.30. The molecule has 0 aliphatic rings. The maximum Gasteiger partial charge on any atom is 0.264 e. The summed E-state index contributed by atoms with van der Waals surface area (Å²) in [6.07, 6.45) is 1.45. The van der Waals surface area contributed by atoms with E-state index in [-0.39, 0.29) is 4.90 Å². The number of rotatable bonds is 11. The highest BCUT2D eigenvalue weighted by Gasteiger charge is 2.27. The Hall–Kier alpha value is -4.63. The highest BCUT2D eigenvalue weighted by molar-refractivity contribution is 7.92. The number of hydrogen-bond acceptors (Lipinski definition) is 6. The Morgan fingerprint density at radius 2 is 1.62 bits per heavy atom. The molecule has 206 valence electrons. The van der Waals surface area contributed by atoms with Crippen molar-refractivity contribution in [2.24, 2.45) is 5.10 Å². The fraction of sp³-hybridized carbons (Fsp3) is 0.161. The van der Waals surface area contributed by atoms with Crippen molar-refractivity contribution in [2.75, 3.05) is 18.0 Å². The molecular formula is C31H31N3O5S. The van der Waals surface area contributed by atoms with Crippen LogP contribution in [0.5, 0.6) is 11.5 Å². The average molecular weight is 558 g/mol. The van der Waals surface area contributed by atoms with Crippen LogP contribution in [0.2, 0.25) is 0 Å². The summed E-state index contributed by atoms with van der Waals surface area (Å²) >= 11 is 0. The van der Waals surface area contributed by atoms with Crippen LogP contribution in [-0.4, -0.2) is 34.2 Å². The number of sulfonamides is 1. The number of nitrogens with zero attached hydrogens (tertiary/aromatic N) is 2. The smallest absolute Gasteiger partial charge is 0.264 e. The topological polar surface area (TPSA) is 97.3 Å². The van der Waals surface area contributed by atoms with Gasteiger partial charge in [-0.05, 0) is 73.0 Å². The van der Waals surface area contributed by atoms with Crippen molar-refractivity contribution in [3.05, 3.63) is 119 Å². The summed E-state index contributed by atoms with van der Waals surface area (Å²) in [7, 11) is -2.47. The van der Waals surface area contributed by atoms with E-state index in [2.05, 4.69) is 10.5 Å². The number of aryl methyl sites for hydroxylation is 2. The normalized spacial score (nSPS) is 11.3. The third-order valence-corrected chi connectivity index (χ3v) is 7.80. The molecule has 0 unspecified atom stereocenters. The lowest BCUT2D eigenvalue weighted by Gasteiger charge is -2.24. The zero-order chi connectivity index (χ0) is 28.5. The summed E-state index contributed by atoms with van der Waals surface area (Å²) in [4.78, 5) is 13.0. The van der Waals surface area contributed by atoms with Crippen molar-refractivity contribution in [2.45, 2.75) is 25.3 Å². The van der Waals surface area contributed by atoms with Crippen LogP contribution in [0.15, 0.2) is 107 Å². The van der Waals surface area contributed by atoms with E-state index in [0.717, 1.165) is 21.0 Å². The molecule has 1 amide bonds. The number of nitrogens with one attached hydrogen (secondary N) is 1. The van der Waals surface area contributed by atoms with Crippen molar-refractivity contribution >= 4 is 27.8 Å². The molecule has 8 nitrogen and oxygen atoms in total. The van der Waals surface area contributed by atoms with Crippen molar-refractivity contribution in [3.63, 3.8) is 0 Å². The van der Waals surface area contributed by atoms with Crippen LogP contribution < -0.4 is 19.2 Å². The van der Waals surface area contributed by atoms with Crippen LogP contribution in [0.25, 0.3) is 0 Å². The number of amides is 1.